The molecule has 1 N–H and O–H groups in total. The maximum Gasteiger partial charge on any atom is 0.298 e. The van der Waals surface area contributed by atoms with Crippen LogP contribution in [-0.2, 0) is 6.54 Å². The summed E-state index contributed by atoms with van der Waals surface area (Å²) < 4.78 is 7.42. The number of hydrogen-bond donors (Lipinski definition) is 1. The van der Waals surface area contributed by atoms with Gasteiger partial charge in [0.1, 0.15) is 5.76 Å². The van der Waals surface area contributed by atoms with Crippen LogP contribution in [0.2, 0.25) is 0 Å². The zero-order valence-corrected chi connectivity index (χ0v) is 14.2. The van der Waals surface area contributed by atoms with Gasteiger partial charge in [-0.25, -0.2) is 0 Å². The molecule has 3 aromatic rings. The van der Waals surface area contributed by atoms with Gasteiger partial charge in [0.25, 0.3) is 5.91 Å². The van der Waals surface area contributed by atoms with Crippen molar-refractivity contribution in [2.45, 2.75) is 13.5 Å². The van der Waals surface area contributed by atoms with Crippen molar-refractivity contribution >= 4 is 38.4 Å². The predicted molar refractivity (Wildman–Crippen MR) is 92.4 cm³/mol. The topological polar surface area (TPSA) is 80.1 Å². The standard InChI is InChI=1S/C17H12BrN3O3/c1-3-7-21-14-5-4-11(18)9-13(14)15(17(21)23)19-20-16(22)12-6-8-24-10(12)2/h1,4-6,8-9,23H,7H2,2H3. The average molecular weight is 386 g/mol. The zero-order valence-electron chi connectivity index (χ0n) is 12.7. The van der Waals surface area contributed by atoms with E-state index in [-0.39, 0.29) is 18.1 Å². The number of rotatable bonds is 3. The van der Waals surface area contributed by atoms with Gasteiger partial charge in [-0.15, -0.1) is 16.7 Å². The molecule has 7 heteroatoms. The minimum absolute atomic E-state index is 0.137. The monoisotopic (exact) mass is 385 g/mol. The summed E-state index contributed by atoms with van der Waals surface area (Å²) in [5, 5.41) is 18.7. The van der Waals surface area contributed by atoms with E-state index in [1.807, 2.05) is 6.07 Å². The molecule has 3 rings (SSSR count). The van der Waals surface area contributed by atoms with Gasteiger partial charge < -0.3 is 9.52 Å². The number of benzene rings is 1. The van der Waals surface area contributed by atoms with E-state index in [0.29, 0.717) is 22.2 Å². The number of aromatic nitrogens is 1. The number of amides is 1. The van der Waals surface area contributed by atoms with E-state index in [1.165, 1.54) is 16.9 Å². The Bertz CT molecular complexity index is 1010. The van der Waals surface area contributed by atoms with Crippen LogP contribution in [0.25, 0.3) is 10.9 Å². The number of halogens is 1. The smallest absolute Gasteiger partial charge is 0.298 e. The third-order valence-corrected chi connectivity index (χ3v) is 4.04. The second-order valence-corrected chi connectivity index (χ2v) is 5.94. The number of aromatic hydroxyl groups is 1. The van der Waals surface area contributed by atoms with Crippen LogP contribution in [0.15, 0.2) is 49.6 Å². The van der Waals surface area contributed by atoms with Crippen molar-refractivity contribution in [3.05, 3.63) is 46.3 Å². The van der Waals surface area contributed by atoms with Crippen LogP contribution >= 0.6 is 15.9 Å². The van der Waals surface area contributed by atoms with E-state index in [4.69, 9.17) is 10.8 Å². The van der Waals surface area contributed by atoms with Crippen molar-refractivity contribution in [3.8, 4) is 18.2 Å². The van der Waals surface area contributed by atoms with Gasteiger partial charge in [-0.3, -0.25) is 9.36 Å². The SMILES string of the molecule is C#CCn1c(O)c(N=NC(=O)c2ccoc2C)c2cc(Br)ccc21. The van der Waals surface area contributed by atoms with Gasteiger partial charge in [0.15, 0.2) is 5.69 Å². The highest BCUT2D eigenvalue weighted by atomic mass is 79.9. The predicted octanol–water partition coefficient (Wildman–Crippen LogP) is 4.57. The molecule has 1 amide bonds. The first-order valence-electron chi connectivity index (χ1n) is 6.97. The molecule has 0 radical (unpaired) electrons. The van der Waals surface area contributed by atoms with Crippen LogP contribution < -0.4 is 0 Å². The molecule has 120 valence electrons. The van der Waals surface area contributed by atoms with Crippen molar-refractivity contribution < 1.29 is 14.3 Å². The highest BCUT2D eigenvalue weighted by molar-refractivity contribution is 9.10. The van der Waals surface area contributed by atoms with Crippen molar-refractivity contribution in [3.63, 3.8) is 0 Å². The van der Waals surface area contributed by atoms with Gasteiger partial charge in [0.05, 0.1) is 23.9 Å². The maximum absolute atomic E-state index is 12.1. The van der Waals surface area contributed by atoms with Crippen LogP contribution in [-0.4, -0.2) is 15.6 Å². The largest absolute Gasteiger partial charge is 0.493 e. The Balaban J connectivity index is 2.09. The highest BCUT2D eigenvalue weighted by Gasteiger charge is 2.17. The van der Waals surface area contributed by atoms with Gasteiger partial charge in [0, 0.05) is 9.86 Å². The zero-order chi connectivity index (χ0) is 17.3. The Labute approximate surface area is 145 Å². The molecule has 0 atom stereocenters. The van der Waals surface area contributed by atoms with Crippen LogP contribution in [0.5, 0.6) is 5.88 Å². The molecule has 0 saturated carbocycles. The Kier molecular flexibility index (Phi) is 4.23. The lowest BCUT2D eigenvalue weighted by Gasteiger charge is -2.00. The van der Waals surface area contributed by atoms with Crippen molar-refractivity contribution in [2.24, 2.45) is 10.2 Å². The molecule has 0 fully saturated rings. The molecule has 2 heterocycles. The first kappa shape index (κ1) is 16.0. The first-order chi connectivity index (χ1) is 11.5. The molecule has 6 nitrogen and oxygen atoms in total. The number of hydrogen-bond acceptors (Lipinski definition) is 4. The number of azo groups is 1. The van der Waals surface area contributed by atoms with Gasteiger partial charge in [-0.05, 0) is 31.2 Å². The summed E-state index contributed by atoms with van der Waals surface area (Å²) in [5.74, 6) is 2.25. The molecular weight excluding hydrogens is 374 g/mol. The van der Waals surface area contributed by atoms with E-state index >= 15 is 0 Å². The third kappa shape index (κ3) is 2.72. The summed E-state index contributed by atoms with van der Waals surface area (Å²) in [6, 6.07) is 6.94. The van der Waals surface area contributed by atoms with Gasteiger partial charge in [-0.2, -0.15) is 0 Å². The molecule has 0 aliphatic rings. The number of furan rings is 1. The summed E-state index contributed by atoms with van der Waals surface area (Å²) in [7, 11) is 0. The lowest BCUT2D eigenvalue weighted by atomic mass is 10.2. The normalized spacial score (nSPS) is 11.2. The molecule has 0 aliphatic carbocycles. The minimum Gasteiger partial charge on any atom is -0.493 e. The Morgan fingerprint density at radius 2 is 2.25 bits per heavy atom. The van der Waals surface area contributed by atoms with Crippen LogP contribution in [0.4, 0.5) is 5.69 Å². The molecule has 24 heavy (non-hydrogen) atoms. The van der Waals surface area contributed by atoms with E-state index < -0.39 is 5.91 Å². The summed E-state index contributed by atoms with van der Waals surface area (Å²) in [6.07, 6.45) is 6.76. The fourth-order valence-corrected chi connectivity index (χ4v) is 2.76. The summed E-state index contributed by atoms with van der Waals surface area (Å²) in [6.45, 7) is 1.84. The third-order valence-electron chi connectivity index (χ3n) is 3.55. The molecule has 0 bridgehead atoms. The van der Waals surface area contributed by atoms with E-state index in [0.717, 1.165) is 4.47 Å². The Morgan fingerprint density at radius 3 is 2.92 bits per heavy atom. The number of carbonyl (C=O) groups is 1. The number of fused-ring (bicyclic) bond motifs is 1. The van der Waals surface area contributed by atoms with Crippen molar-refractivity contribution in [2.75, 3.05) is 0 Å². The highest BCUT2D eigenvalue weighted by Crippen LogP contribution is 2.40. The van der Waals surface area contributed by atoms with Crippen LogP contribution in [0.1, 0.15) is 16.1 Å². The first-order valence-corrected chi connectivity index (χ1v) is 7.76. The molecule has 0 saturated heterocycles. The number of nitrogens with zero attached hydrogens (tertiary/aromatic N) is 3. The molecular formula is C17H12BrN3O3. The molecule has 0 spiro atoms. The number of terminal acetylenes is 1. The second kappa shape index (κ2) is 6.34. The molecule has 1 aromatic carbocycles. The van der Waals surface area contributed by atoms with E-state index in [9.17, 15) is 9.90 Å². The second-order valence-electron chi connectivity index (χ2n) is 5.02. The number of aryl methyl sites for hydroxylation is 1. The van der Waals surface area contributed by atoms with E-state index in [2.05, 4.69) is 32.1 Å². The van der Waals surface area contributed by atoms with Crippen molar-refractivity contribution in [1.82, 2.24) is 4.57 Å². The quantitative estimate of drug-likeness (QED) is 0.529. The van der Waals surface area contributed by atoms with Crippen LogP contribution in [0, 0.1) is 19.3 Å². The number of carbonyl (C=O) groups excluding carboxylic acids is 1. The molecule has 2 aromatic heterocycles. The van der Waals surface area contributed by atoms with Gasteiger partial charge in [0.2, 0.25) is 5.88 Å². The van der Waals surface area contributed by atoms with E-state index in [1.54, 1.807) is 19.1 Å². The Morgan fingerprint density at radius 1 is 1.46 bits per heavy atom. The Hall–Kier alpha value is -2.85. The fraction of sp³-hybridized carbons (Fsp3) is 0.118. The molecule has 0 unspecified atom stereocenters. The lowest BCUT2D eigenvalue weighted by molar-refractivity contribution is 0.0993. The molecule has 0 aliphatic heterocycles. The minimum atomic E-state index is -0.548. The summed E-state index contributed by atoms with van der Waals surface area (Å²) in [4.78, 5) is 12.1. The fourth-order valence-electron chi connectivity index (χ4n) is 2.40. The van der Waals surface area contributed by atoms with Crippen molar-refractivity contribution in [1.29, 1.82) is 0 Å². The van der Waals surface area contributed by atoms with Gasteiger partial charge >= 0.3 is 0 Å². The summed E-state index contributed by atoms with van der Waals surface area (Å²) >= 11 is 3.38. The van der Waals surface area contributed by atoms with Crippen LogP contribution in [0.3, 0.4) is 0 Å². The average Bonchev–Trinajstić information content (AvgIpc) is 3.08. The lowest BCUT2D eigenvalue weighted by Crippen LogP contribution is -1.94. The maximum atomic E-state index is 12.1. The van der Waals surface area contributed by atoms with Gasteiger partial charge in [-0.1, -0.05) is 21.9 Å². The summed E-state index contributed by atoms with van der Waals surface area (Å²) in [5.41, 5.74) is 1.22.